The fourth-order valence-corrected chi connectivity index (χ4v) is 7.92. The van der Waals surface area contributed by atoms with Crippen molar-refractivity contribution in [3.63, 3.8) is 0 Å². The molecule has 0 aliphatic heterocycles. The van der Waals surface area contributed by atoms with E-state index in [1.54, 1.807) is 0 Å². The molecule has 0 atom stereocenters. The van der Waals surface area contributed by atoms with E-state index in [9.17, 15) is 0 Å². The molecule has 5 nitrogen and oxygen atoms in total. The minimum atomic E-state index is 0.563. The van der Waals surface area contributed by atoms with Crippen molar-refractivity contribution in [1.82, 2.24) is 19.5 Å². The number of aromatic nitrogens is 4. The molecule has 3 aromatic heterocycles. The number of hydrogen-bond donors (Lipinski definition) is 0. The maximum absolute atomic E-state index is 6.84. The lowest BCUT2D eigenvalue weighted by molar-refractivity contribution is 0.669. The van der Waals surface area contributed by atoms with Gasteiger partial charge in [0.15, 0.2) is 17.5 Å². The quantitative estimate of drug-likeness (QED) is 0.188. The van der Waals surface area contributed by atoms with Crippen LogP contribution in [0.25, 0.3) is 105 Å². The van der Waals surface area contributed by atoms with Crippen molar-refractivity contribution in [3.05, 3.63) is 170 Å². The molecular weight excluding hydrogens is 637 g/mol. The van der Waals surface area contributed by atoms with Crippen molar-refractivity contribution in [2.24, 2.45) is 0 Å². The fraction of sp³-hybridized carbons (Fsp3) is 0. The molecule has 11 aromatic rings. The Morgan fingerprint density at radius 3 is 1.75 bits per heavy atom. The molecule has 0 radical (unpaired) electrons. The second kappa shape index (κ2) is 11.2. The summed E-state index contributed by atoms with van der Waals surface area (Å²) in [5.41, 5.74) is 7.60. The largest absolute Gasteiger partial charge is 0.455 e. The van der Waals surface area contributed by atoms with E-state index >= 15 is 0 Å². The van der Waals surface area contributed by atoms with E-state index in [2.05, 4.69) is 108 Å². The normalized spacial score (nSPS) is 11.8. The first-order valence-corrected chi connectivity index (χ1v) is 17.5. The van der Waals surface area contributed by atoms with E-state index in [0.717, 1.165) is 49.8 Å². The highest BCUT2D eigenvalue weighted by Crippen LogP contribution is 2.44. The van der Waals surface area contributed by atoms with Crippen molar-refractivity contribution < 1.29 is 4.42 Å². The van der Waals surface area contributed by atoms with E-state index in [0.29, 0.717) is 17.5 Å². The fourth-order valence-electron chi connectivity index (χ4n) is 7.92. The van der Waals surface area contributed by atoms with Crippen LogP contribution in [0.1, 0.15) is 0 Å². The van der Waals surface area contributed by atoms with E-state index < -0.39 is 0 Å². The Kier molecular flexibility index (Phi) is 6.18. The summed E-state index contributed by atoms with van der Waals surface area (Å²) in [7, 11) is 0. The van der Waals surface area contributed by atoms with Crippen LogP contribution in [0.3, 0.4) is 0 Å². The first-order chi connectivity index (χ1) is 25.8. The zero-order valence-electron chi connectivity index (χ0n) is 27.9. The van der Waals surface area contributed by atoms with E-state index in [4.69, 9.17) is 19.4 Å². The summed E-state index contributed by atoms with van der Waals surface area (Å²) < 4.78 is 9.27. The lowest BCUT2D eigenvalue weighted by Gasteiger charge is -2.11. The van der Waals surface area contributed by atoms with Crippen molar-refractivity contribution in [2.45, 2.75) is 0 Å². The number of nitrogens with zero attached hydrogens (tertiary/aromatic N) is 4. The lowest BCUT2D eigenvalue weighted by atomic mass is 10.0. The van der Waals surface area contributed by atoms with E-state index in [1.165, 1.54) is 37.8 Å². The molecule has 242 valence electrons. The predicted molar refractivity (Wildman–Crippen MR) is 213 cm³/mol. The molecule has 0 aliphatic rings. The van der Waals surface area contributed by atoms with Crippen LogP contribution in [0, 0.1) is 0 Å². The number of benzene rings is 8. The Balaban J connectivity index is 1.22. The van der Waals surface area contributed by atoms with Gasteiger partial charge in [-0.25, -0.2) is 15.0 Å². The second-order valence-electron chi connectivity index (χ2n) is 13.2. The van der Waals surface area contributed by atoms with Crippen LogP contribution < -0.4 is 0 Å². The maximum atomic E-state index is 6.84. The molecule has 0 spiro atoms. The van der Waals surface area contributed by atoms with E-state index in [-0.39, 0.29) is 0 Å². The summed E-state index contributed by atoms with van der Waals surface area (Å²) in [6, 6.07) is 59.1. The molecule has 8 aromatic carbocycles. The first kappa shape index (κ1) is 28.7. The second-order valence-corrected chi connectivity index (χ2v) is 13.2. The van der Waals surface area contributed by atoms with Gasteiger partial charge < -0.3 is 8.98 Å². The number of furan rings is 1. The Labute approximate surface area is 298 Å². The number of hydrogen-bond acceptors (Lipinski definition) is 4. The van der Waals surface area contributed by atoms with Crippen molar-refractivity contribution in [2.75, 3.05) is 0 Å². The van der Waals surface area contributed by atoms with Crippen molar-refractivity contribution in [1.29, 1.82) is 0 Å². The van der Waals surface area contributed by atoms with Crippen LogP contribution >= 0.6 is 0 Å². The van der Waals surface area contributed by atoms with Crippen LogP contribution in [-0.2, 0) is 0 Å². The van der Waals surface area contributed by atoms with Crippen molar-refractivity contribution >= 4 is 65.3 Å². The molecule has 0 saturated carbocycles. The molecule has 11 rings (SSSR count). The number of para-hydroxylation sites is 1. The maximum Gasteiger partial charge on any atom is 0.167 e. The van der Waals surface area contributed by atoms with Gasteiger partial charge in [0.25, 0.3) is 0 Å². The smallest absolute Gasteiger partial charge is 0.167 e. The molecule has 52 heavy (non-hydrogen) atoms. The van der Waals surface area contributed by atoms with Crippen molar-refractivity contribution in [3.8, 4) is 39.9 Å². The van der Waals surface area contributed by atoms with Gasteiger partial charge in [-0.1, -0.05) is 146 Å². The van der Waals surface area contributed by atoms with Crippen LogP contribution in [0.5, 0.6) is 0 Å². The first-order valence-electron chi connectivity index (χ1n) is 17.5. The predicted octanol–water partition coefficient (Wildman–Crippen LogP) is 12.2. The highest BCUT2D eigenvalue weighted by molar-refractivity contribution is 6.27. The van der Waals surface area contributed by atoms with Crippen LogP contribution in [0.4, 0.5) is 0 Å². The van der Waals surface area contributed by atoms with Crippen LogP contribution in [-0.4, -0.2) is 19.5 Å². The van der Waals surface area contributed by atoms with Gasteiger partial charge >= 0.3 is 0 Å². The van der Waals surface area contributed by atoms with Gasteiger partial charge in [-0.15, -0.1) is 0 Å². The lowest BCUT2D eigenvalue weighted by Crippen LogP contribution is -2.00. The number of rotatable bonds is 4. The number of fused-ring (bicyclic) bond motifs is 10. The molecule has 5 heteroatoms. The zero-order valence-corrected chi connectivity index (χ0v) is 27.9. The van der Waals surface area contributed by atoms with Gasteiger partial charge in [-0.2, -0.15) is 0 Å². The SMILES string of the molecule is c1ccc(-c2nc(-c3ccccc3)nc(-c3cccc4c3oc3cccc(-n5c6ccc7ccccc7c6c6ccc7ccccc7c65)c34)n2)cc1. The molecular formula is C47H28N4O. The highest BCUT2D eigenvalue weighted by atomic mass is 16.3. The third-order valence-electron chi connectivity index (χ3n) is 10.2. The van der Waals surface area contributed by atoms with Gasteiger partial charge in [0.05, 0.1) is 27.7 Å². The molecule has 3 heterocycles. The monoisotopic (exact) mass is 664 g/mol. The summed E-state index contributed by atoms with van der Waals surface area (Å²) in [6.45, 7) is 0. The van der Waals surface area contributed by atoms with E-state index in [1.807, 2.05) is 66.7 Å². The molecule has 0 bridgehead atoms. The average molecular weight is 665 g/mol. The van der Waals surface area contributed by atoms with Crippen LogP contribution in [0.15, 0.2) is 174 Å². The molecule has 0 saturated heterocycles. The topological polar surface area (TPSA) is 56.7 Å². The molecule has 0 fully saturated rings. The third kappa shape index (κ3) is 4.26. The Hall–Kier alpha value is -7.11. The summed E-state index contributed by atoms with van der Waals surface area (Å²) in [6.07, 6.45) is 0. The molecule has 0 amide bonds. The standard InChI is InChI=1S/C47H28N4O/c1-3-15-31(16-4-1)45-48-46(32-17-5-2-6-18-32)50-47(49-45)37-22-11-21-36-42-38(23-12-24-40(42)52-44(36)37)51-39-28-26-29-13-7-9-19-33(29)41(39)35-27-25-30-14-8-10-20-34(30)43(35)51/h1-28H. The third-order valence-corrected chi connectivity index (χ3v) is 10.2. The van der Waals surface area contributed by atoms with Gasteiger partial charge in [-0.3, -0.25) is 0 Å². The Morgan fingerprint density at radius 1 is 0.404 bits per heavy atom. The van der Waals surface area contributed by atoms with Gasteiger partial charge in [0, 0.05) is 32.7 Å². The molecule has 0 aliphatic carbocycles. The van der Waals surface area contributed by atoms with Crippen LogP contribution in [0.2, 0.25) is 0 Å². The summed E-state index contributed by atoms with van der Waals surface area (Å²) in [4.78, 5) is 15.0. The molecule has 0 N–H and O–H groups in total. The summed E-state index contributed by atoms with van der Waals surface area (Å²) in [5.74, 6) is 1.79. The highest BCUT2D eigenvalue weighted by Gasteiger charge is 2.23. The minimum absolute atomic E-state index is 0.563. The van der Waals surface area contributed by atoms with Gasteiger partial charge in [0.2, 0.25) is 0 Å². The Morgan fingerprint density at radius 2 is 1.00 bits per heavy atom. The zero-order chi connectivity index (χ0) is 34.2. The Bertz CT molecular complexity index is 3120. The minimum Gasteiger partial charge on any atom is -0.455 e. The van der Waals surface area contributed by atoms with Gasteiger partial charge in [0.1, 0.15) is 11.2 Å². The molecule has 0 unspecified atom stereocenters. The summed E-state index contributed by atoms with van der Waals surface area (Å²) in [5, 5.41) is 9.39. The van der Waals surface area contributed by atoms with Gasteiger partial charge in [-0.05, 0) is 40.4 Å². The summed E-state index contributed by atoms with van der Waals surface area (Å²) >= 11 is 0. The average Bonchev–Trinajstić information content (AvgIpc) is 3.78.